The molecule has 0 aromatic rings. The van der Waals surface area contributed by atoms with Gasteiger partial charge in [-0.1, -0.05) is 0 Å². The predicted octanol–water partition coefficient (Wildman–Crippen LogP) is -2.55. The maximum atomic E-state index is 12.3. The molecule has 0 bridgehead atoms. The second-order valence-corrected chi connectivity index (χ2v) is 8.88. The Morgan fingerprint density at radius 3 is 1.55 bits per heavy atom. The van der Waals surface area contributed by atoms with Gasteiger partial charge in [0.2, 0.25) is 17.7 Å². The fourth-order valence-corrected chi connectivity index (χ4v) is 3.37. The Morgan fingerprint density at radius 2 is 1.13 bits per heavy atom. The standard InChI is InChI=1S/C22H34N4O12/c1-10(27)2-4-13(20(33)34)25-17(30)9-6-14(21(35)36)26-16(29)8-5-12(18-22(37)38-18)24-15(28)7-3-11(23)19(31)32/h11-14,18,22,37H,2-9,23H2,1H3,(H,24,28)(H,25,30)(H,26,29)(H,31,32)(H,33,34)(H,35,36)/t11-,12-,13-,14-,18?,22?/m0/s1. The van der Waals surface area contributed by atoms with Crippen molar-refractivity contribution in [1.82, 2.24) is 16.0 Å². The van der Waals surface area contributed by atoms with Crippen LogP contribution in [0, 0.1) is 0 Å². The number of hydrogen-bond donors (Lipinski definition) is 8. The number of ketones is 1. The van der Waals surface area contributed by atoms with Crippen LogP contribution in [0.2, 0.25) is 0 Å². The maximum absolute atomic E-state index is 12.3. The number of carboxylic acid groups (broad SMARTS) is 3. The Balaban J connectivity index is 2.56. The van der Waals surface area contributed by atoms with Gasteiger partial charge in [-0.3, -0.25) is 19.2 Å². The molecule has 1 fully saturated rings. The highest BCUT2D eigenvalue weighted by atomic mass is 16.7. The van der Waals surface area contributed by atoms with Crippen LogP contribution in [0.1, 0.15) is 58.3 Å². The molecule has 214 valence electrons. The minimum atomic E-state index is -1.47. The summed E-state index contributed by atoms with van der Waals surface area (Å²) in [5.41, 5.74) is 5.35. The first-order chi connectivity index (χ1) is 17.7. The van der Waals surface area contributed by atoms with Crippen molar-refractivity contribution in [1.29, 1.82) is 0 Å². The van der Waals surface area contributed by atoms with Gasteiger partial charge in [-0.2, -0.15) is 0 Å². The van der Waals surface area contributed by atoms with Crippen LogP contribution in [0.15, 0.2) is 0 Å². The van der Waals surface area contributed by atoms with Gasteiger partial charge in [0.1, 0.15) is 30.0 Å². The largest absolute Gasteiger partial charge is 0.480 e. The fraction of sp³-hybridized carbons (Fsp3) is 0.682. The predicted molar refractivity (Wildman–Crippen MR) is 125 cm³/mol. The van der Waals surface area contributed by atoms with Crippen LogP contribution in [0.3, 0.4) is 0 Å². The molecule has 16 nitrogen and oxygen atoms in total. The number of aliphatic carboxylic acids is 3. The van der Waals surface area contributed by atoms with Gasteiger partial charge in [-0.25, -0.2) is 9.59 Å². The summed E-state index contributed by atoms with van der Waals surface area (Å²) >= 11 is 0. The van der Waals surface area contributed by atoms with E-state index in [-0.39, 0.29) is 50.7 Å². The average molecular weight is 547 g/mol. The summed E-state index contributed by atoms with van der Waals surface area (Å²) in [6.45, 7) is 1.27. The summed E-state index contributed by atoms with van der Waals surface area (Å²) < 4.78 is 4.93. The number of carbonyl (C=O) groups is 7. The number of amides is 3. The second kappa shape index (κ2) is 15.6. The third-order valence-corrected chi connectivity index (χ3v) is 5.64. The van der Waals surface area contributed by atoms with Crippen LogP contribution in [-0.4, -0.2) is 98.4 Å². The molecule has 16 heteroatoms. The summed E-state index contributed by atoms with van der Waals surface area (Å²) in [6, 6.07) is -4.85. The first-order valence-electron chi connectivity index (χ1n) is 11.9. The number of nitrogens with two attached hydrogens (primary N) is 1. The van der Waals surface area contributed by atoms with E-state index in [1.54, 1.807) is 0 Å². The number of carboxylic acids is 3. The summed E-state index contributed by atoms with van der Waals surface area (Å²) in [5.74, 6) is -6.39. The van der Waals surface area contributed by atoms with E-state index < -0.39 is 78.6 Å². The molecule has 1 heterocycles. The van der Waals surface area contributed by atoms with Crippen LogP contribution in [0.25, 0.3) is 0 Å². The van der Waals surface area contributed by atoms with Gasteiger partial charge in [-0.05, 0) is 32.6 Å². The number of aliphatic hydroxyl groups excluding tert-OH is 1. The van der Waals surface area contributed by atoms with Gasteiger partial charge < -0.3 is 51.6 Å². The van der Waals surface area contributed by atoms with E-state index in [0.29, 0.717) is 0 Å². The molecule has 0 radical (unpaired) electrons. The lowest BCUT2D eigenvalue weighted by molar-refractivity contribution is -0.143. The van der Waals surface area contributed by atoms with Crippen molar-refractivity contribution in [2.45, 2.75) is 94.9 Å². The van der Waals surface area contributed by atoms with E-state index in [1.807, 2.05) is 0 Å². The number of ether oxygens (including phenoxy) is 1. The van der Waals surface area contributed by atoms with Gasteiger partial charge in [0.15, 0.2) is 6.29 Å². The van der Waals surface area contributed by atoms with E-state index in [1.165, 1.54) is 6.92 Å². The highest BCUT2D eigenvalue weighted by molar-refractivity contribution is 5.86. The molecule has 0 saturated carbocycles. The number of epoxide rings is 1. The summed E-state index contributed by atoms with van der Waals surface area (Å²) in [6.07, 6.45) is -3.61. The maximum Gasteiger partial charge on any atom is 0.326 e. The second-order valence-electron chi connectivity index (χ2n) is 8.88. The van der Waals surface area contributed by atoms with Gasteiger partial charge in [0, 0.05) is 25.7 Å². The van der Waals surface area contributed by atoms with E-state index >= 15 is 0 Å². The molecule has 0 aromatic heterocycles. The van der Waals surface area contributed by atoms with Crippen LogP contribution in [0.5, 0.6) is 0 Å². The van der Waals surface area contributed by atoms with Crippen LogP contribution >= 0.6 is 0 Å². The number of rotatable bonds is 19. The van der Waals surface area contributed by atoms with Gasteiger partial charge in [-0.15, -0.1) is 0 Å². The number of carbonyl (C=O) groups excluding carboxylic acids is 4. The number of aliphatic hydroxyl groups is 1. The summed E-state index contributed by atoms with van der Waals surface area (Å²) in [4.78, 5) is 81.1. The number of hydrogen-bond acceptors (Lipinski definition) is 10. The zero-order valence-electron chi connectivity index (χ0n) is 20.8. The Kier molecular flexibility index (Phi) is 13.3. The zero-order valence-corrected chi connectivity index (χ0v) is 20.8. The van der Waals surface area contributed by atoms with Crippen LogP contribution in [0.4, 0.5) is 0 Å². The number of nitrogens with one attached hydrogen (secondary N) is 3. The molecule has 9 N–H and O–H groups in total. The van der Waals surface area contributed by atoms with Gasteiger partial charge >= 0.3 is 17.9 Å². The van der Waals surface area contributed by atoms with E-state index in [0.717, 1.165) is 0 Å². The molecule has 0 spiro atoms. The minimum absolute atomic E-state index is 0.0481. The average Bonchev–Trinajstić information content (AvgIpc) is 3.55. The van der Waals surface area contributed by atoms with Crippen molar-refractivity contribution in [3.8, 4) is 0 Å². The number of Topliss-reactive ketones (excluding diaryl/α,β-unsaturated/α-hetero) is 1. The molecule has 38 heavy (non-hydrogen) atoms. The monoisotopic (exact) mass is 546 g/mol. The minimum Gasteiger partial charge on any atom is -0.480 e. The first kappa shape index (κ1) is 32.4. The molecule has 0 aromatic carbocycles. The van der Waals surface area contributed by atoms with Crippen molar-refractivity contribution >= 4 is 41.4 Å². The topological polar surface area (TPSA) is 275 Å². The lowest BCUT2D eigenvalue weighted by Gasteiger charge is -2.19. The van der Waals surface area contributed by atoms with E-state index in [2.05, 4.69) is 16.0 Å². The molecular formula is C22H34N4O12. The lowest BCUT2D eigenvalue weighted by atomic mass is 10.1. The SMILES string of the molecule is CC(=O)CC[C@H](NC(=O)CC[C@H](NC(=O)CC[C@H](NC(=O)CC[C@H](N)C(=O)O)C1OC1O)C(=O)O)C(=O)O. The van der Waals surface area contributed by atoms with Crippen LogP contribution < -0.4 is 21.7 Å². The van der Waals surface area contributed by atoms with Gasteiger partial charge in [0.05, 0.1) is 6.04 Å². The molecule has 2 unspecified atom stereocenters. The van der Waals surface area contributed by atoms with Crippen LogP contribution in [-0.2, 0) is 38.3 Å². The normalized spacial score (nSPS) is 19.2. The molecule has 1 rings (SSSR count). The van der Waals surface area contributed by atoms with Crippen molar-refractivity contribution in [3.63, 3.8) is 0 Å². The Morgan fingerprint density at radius 1 is 0.711 bits per heavy atom. The molecule has 1 aliphatic heterocycles. The fourth-order valence-electron chi connectivity index (χ4n) is 3.37. The highest BCUT2D eigenvalue weighted by Gasteiger charge is 2.44. The molecule has 1 saturated heterocycles. The Hall–Kier alpha value is -3.63. The third kappa shape index (κ3) is 12.6. The molecular weight excluding hydrogens is 512 g/mol. The first-order valence-corrected chi connectivity index (χ1v) is 11.9. The molecule has 1 aliphatic rings. The Bertz CT molecular complexity index is 911. The lowest BCUT2D eigenvalue weighted by Crippen LogP contribution is -2.45. The van der Waals surface area contributed by atoms with Crippen molar-refractivity contribution in [2.75, 3.05) is 0 Å². The molecule has 6 atom stereocenters. The summed E-state index contributed by atoms with van der Waals surface area (Å²) in [5, 5.41) is 43.8. The van der Waals surface area contributed by atoms with E-state index in [9.17, 15) is 43.8 Å². The molecule has 3 amide bonds. The third-order valence-electron chi connectivity index (χ3n) is 5.64. The highest BCUT2D eigenvalue weighted by Crippen LogP contribution is 2.25. The van der Waals surface area contributed by atoms with Crippen molar-refractivity contribution < 1.29 is 58.7 Å². The Labute approximate surface area is 217 Å². The summed E-state index contributed by atoms with van der Waals surface area (Å²) in [7, 11) is 0. The smallest absolute Gasteiger partial charge is 0.326 e. The van der Waals surface area contributed by atoms with E-state index in [4.69, 9.17) is 20.7 Å². The van der Waals surface area contributed by atoms with Crippen molar-refractivity contribution in [3.05, 3.63) is 0 Å². The van der Waals surface area contributed by atoms with Crippen molar-refractivity contribution in [2.24, 2.45) is 5.73 Å². The zero-order chi connectivity index (χ0) is 29.0. The molecule has 0 aliphatic carbocycles. The quantitative estimate of drug-likeness (QED) is 0.0776. The van der Waals surface area contributed by atoms with Gasteiger partial charge in [0.25, 0.3) is 0 Å².